The Labute approximate surface area is 104 Å². The van der Waals surface area contributed by atoms with Crippen LogP contribution in [0.2, 0.25) is 0 Å². The van der Waals surface area contributed by atoms with Crippen molar-refractivity contribution in [3.05, 3.63) is 12.0 Å². The molecule has 0 aromatic rings. The Bertz CT molecular complexity index is 341. The van der Waals surface area contributed by atoms with Crippen LogP contribution in [-0.4, -0.2) is 46.1 Å². The van der Waals surface area contributed by atoms with Gasteiger partial charge in [-0.3, -0.25) is 0 Å². The Balaban J connectivity index is 1.91. The van der Waals surface area contributed by atoms with Crippen LogP contribution >= 0.6 is 0 Å². The predicted octanol–water partition coefficient (Wildman–Crippen LogP) is -0.220. The van der Waals surface area contributed by atoms with Crippen molar-refractivity contribution in [1.82, 2.24) is 0 Å². The van der Waals surface area contributed by atoms with Crippen LogP contribution in [0.15, 0.2) is 12.0 Å². The first kappa shape index (κ1) is 13.1. The quantitative estimate of drug-likeness (QED) is 0.589. The first-order valence-electron chi connectivity index (χ1n) is 5.75. The largest absolute Gasteiger partial charge is 0.481 e. The summed E-state index contributed by atoms with van der Waals surface area (Å²) in [7, 11) is 0. The fraction of sp³-hybridized carbons (Fsp3) is 0.727. The molecule has 7 nitrogen and oxygen atoms in total. The van der Waals surface area contributed by atoms with E-state index >= 15 is 0 Å². The highest BCUT2D eigenvalue weighted by Crippen LogP contribution is 2.28. The third kappa shape index (κ3) is 2.92. The first-order valence-corrected chi connectivity index (χ1v) is 5.75. The van der Waals surface area contributed by atoms with Crippen LogP contribution in [0.3, 0.4) is 0 Å². The molecule has 0 saturated carbocycles. The first-order chi connectivity index (χ1) is 8.45. The Hall–Kier alpha value is -1.31. The van der Waals surface area contributed by atoms with Crippen molar-refractivity contribution in [2.24, 2.45) is 5.92 Å². The van der Waals surface area contributed by atoms with Gasteiger partial charge < -0.3 is 29.5 Å². The molecule has 0 amide bonds. The van der Waals surface area contributed by atoms with Gasteiger partial charge in [0, 0.05) is 6.42 Å². The molecule has 0 aliphatic carbocycles. The molecule has 18 heavy (non-hydrogen) atoms. The Morgan fingerprint density at radius 3 is 2.72 bits per heavy atom. The van der Waals surface area contributed by atoms with Gasteiger partial charge in [0.15, 0.2) is 6.29 Å². The van der Waals surface area contributed by atoms with Gasteiger partial charge in [0.1, 0.15) is 12.2 Å². The van der Waals surface area contributed by atoms with E-state index < -0.39 is 36.7 Å². The number of hydrogen-bond donors (Lipinski definition) is 3. The van der Waals surface area contributed by atoms with Crippen LogP contribution in [0.4, 0.5) is 0 Å². The lowest BCUT2D eigenvalue weighted by atomic mass is 9.92. The van der Waals surface area contributed by atoms with E-state index in [1.54, 1.807) is 6.92 Å². The normalized spacial score (nSPS) is 40.7. The lowest BCUT2D eigenvalue weighted by molar-refractivity contribution is -0.248. The molecule has 0 spiro atoms. The summed E-state index contributed by atoms with van der Waals surface area (Å²) in [6, 6.07) is 0. The summed E-state index contributed by atoms with van der Waals surface area (Å²) in [5.41, 5.74) is 0. The number of esters is 1. The molecule has 2 rings (SSSR count). The van der Waals surface area contributed by atoms with E-state index in [0.29, 0.717) is 6.42 Å². The van der Waals surface area contributed by atoms with Gasteiger partial charge in [-0.25, -0.2) is 4.79 Å². The van der Waals surface area contributed by atoms with E-state index in [1.165, 1.54) is 0 Å². The van der Waals surface area contributed by atoms with Crippen LogP contribution in [-0.2, 0) is 19.0 Å². The van der Waals surface area contributed by atoms with Crippen LogP contribution in [0.1, 0.15) is 19.8 Å². The highest BCUT2D eigenvalue weighted by atomic mass is 16.7. The summed E-state index contributed by atoms with van der Waals surface area (Å²) in [4.78, 5) is 11.0. The molecule has 0 radical (unpaired) electrons. The number of rotatable bonds is 2. The summed E-state index contributed by atoms with van der Waals surface area (Å²) in [6.45, 7) is 1.79. The molecule has 2 heterocycles. The number of cyclic esters (lactones) is 1. The van der Waals surface area contributed by atoms with E-state index in [1.807, 2.05) is 0 Å². The minimum Gasteiger partial charge on any atom is -0.481 e. The third-order valence-electron chi connectivity index (χ3n) is 3.04. The number of carbonyl (C=O) groups excluding carboxylic acids is 1. The molecule has 2 aliphatic heterocycles. The lowest BCUT2D eigenvalue weighted by Gasteiger charge is -2.36. The van der Waals surface area contributed by atoms with Crippen LogP contribution in [0, 0.1) is 5.92 Å². The van der Waals surface area contributed by atoms with E-state index in [9.17, 15) is 15.0 Å². The second kappa shape index (κ2) is 5.13. The fourth-order valence-corrected chi connectivity index (χ4v) is 2.09. The molecule has 0 bridgehead atoms. The topological polar surface area (TPSA) is 105 Å². The van der Waals surface area contributed by atoms with Gasteiger partial charge >= 0.3 is 5.97 Å². The summed E-state index contributed by atoms with van der Waals surface area (Å²) in [6.07, 6.45) is -2.03. The van der Waals surface area contributed by atoms with E-state index in [0.717, 1.165) is 6.08 Å². The Kier molecular flexibility index (Phi) is 3.74. The molecule has 0 aromatic carbocycles. The minimum atomic E-state index is -1.26. The molecule has 1 saturated heterocycles. The van der Waals surface area contributed by atoms with Gasteiger partial charge in [0.2, 0.25) is 6.29 Å². The van der Waals surface area contributed by atoms with Gasteiger partial charge in [-0.2, -0.15) is 0 Å². The average Bonchev–Trinajstić information content (AvgIpc) is 2.24. The molecule has 102 valence electrons. The van der Waals surface area contributed by atoms with Gasteiger partial charge in [0.25, 0.3) is 5.95 Å². The summed E-state index contributed by atoms with van der Waals surface area (Å²) >= 11 is 0. The summed E-state index contributed by atoms with van der Waals surface area (Å²) in [5, 5.41) is 28.1. The molecule has 5 atom stereocenters. The SMILES string of the molecule is C[C@H]1C[C@@H](CC2OC(=O)C=C(O)O2)OC(O)[C@H]1O. The van der Waals surface area contributed by atoms with Crippen molar-refractivity contribution < 1.29 is 34.3 Å². The zero-order valence-corrected chi connectivity index (χ0v) is 9.85. The number of carbonyl (C=O) groups is 1. The van der Waals surface area contributed by atoms with Crippen molar-refractivity contribution in [2.75, 3.05) is 0 Å². The second-order valence-electron chi connectivity index (χ2n) is 4.55. The van der Waals surface area contributed by atoms with E-state index in [-0.39, 0.29) is 12.3 Å². The second-order valence-corrected chi connectivity index (χ2v) is 4.55. The highest BCUT2D eigenvalue weighted by Gasteiger charge is 2.36. The molecule has 2 unspecified atom stereocenters. The maximum absolute atomic E-state index is 11.0. The number of aliphatic hydroxyl groups excluding tert-OH is 3. The molecule has 1 fully saturated rings. The van der Waals surface area contributed by atoms with Crippen LogP contribution in [0.5, 0.6) is 0 Å². The highest BCUT2D eigenvalue weighted by molar-refractivity contribution is 5.82. The zero-order valence-electron chi connectivity index (χ0n) is 9.85. The van der Waals surface area contributed by atoms with Crippen molar-refractivity contribution >= 4 is 5.97 Å². The van der Waals surface area contributed by atoms with Crippen LogP contribution in [0.25, 0.3) is 0 Å². The lowest BCUT2D eigenvalue weighted by Crippen LogP contribution is -2.45. The minimum absolute atomic E-state index is 0.137. The number of aliphatic hydroxyl groups is 3. The van der Waals surface area contributed by atoms with Crippen molar-refractivity contribution in [3.8, 4) is 0 Å². The maximum Gasteiger partial charge on any atom is 0.341 e. The maximum atomic E-state index is 11.0. The molecular formula is C11H16O7. The Morgan fingerprint density at radius 1 is 1.39 bits per heavy atom. The van der Waals surface area contributed by atoms with Crippen molar-refractivity contribution in [3.63, 3.8) is 0 Å². The average molecular weight is 260 g/mol. The molecular weight excluding hydrogens is 244 g/mol. The fourth-order valence-electron chi connectivity index (χ4n) is 2.09. The zero-order chi connectivity index (χ0) is 13.3. The summed E-state index contributed by atoms with van der Waals surface area (Å²) in [5.74, 6) is -1.32. The van der Waals surface area contributed by atoms with E-state index in [4.69, 9.17) is 19.3 Å². The standard InChI is InChI=1S/C11H16O7/c1-5-2-6(16-11(15)10(5)14)3-9-17-7(12)4-8(13)18-9/h4-6,9-12,14-15H,2-3H2,1H3/t5-,6-,9?,10-,11?/m0/s1. The third-order valence-corrected chi connectivity index (χ3v) is 3.04. The molecule has 2 aliphatic rings. The predicted molar refractivity (Wildman–Crippen MR) is 57.0 cm³/mol. The van der Waals surface area contributed by atoms with E-state index in [2.05, 4.69) is 0 Å². The molecule has 3 N–H and O–H groups in total. The molecule has 0 aromatic heterocycles. The Morgan fingerprint density at radius 2 is 2.11 bits per heavy atom. The van der Waals surface area contributed by atoms with Crippen molar-refractivity contribution in [2.45, 2.75) is 44.6 Å². The molecule has 7 heteroatoms. The van der Waals surface area contributed by atoms with Gasteiger partial charge in [-0.05, 0) is 12.3 Å². The number of hydrogen-bond acceptors (Lipinski definition) is 7. The van der Waals surface area contributed by atoms with Gasteiger partial charge in [-0.15, -0.1) is 0 Å². The number of ether oxygens (including phenoxy) is 3. The van der Waals surface area contributed by atoms with Crippen LogP contribution < -0.4 is 0 Å². The smallest absolute Gasteiger partial charge is 0.341 e. The summed E-state index contributed by atoms with van der Waals surface area (Å²) < 4.78 is 14.9. The monoisotopic (exact) mass is 260 g/mol. The van der Waals surface area contributed by atoms with Gasteiger partial charge in [0.05, 0.1) is 6.10 Å². The van der Waals surface area contributed by atoms with Gasteiger partial charge in [-0.1, -0.05) is 6.92 Å². The van der Waals surface area contributed by atoms with Crippen molar-refractivity contribution in [1.29, 1.82) is 0 Å².